The second-order valence-corrected chi connectivity index (χ2v) is 9.73. The van der Waals surface area contributed by atoms with Crippen LogP contribution < -0.4 is 5.32 Å². The summed E-state index contributed by atoms with van der Waals surface area (Å²) in [5.74, 6) is -1.18. The van der Waals surface area contributed by atoms with Gasteiger partial charge in [0, 0.05) is 34.0 Å². The minimum absolute atomic E-state index is 0. The molecule has 1 aliphatic rings. The molecule has 0 spiro atoms. The first-order valence-corrected chi connectivity index (χ1v) is 10.5. The number of hydrogen-bond donors (Lipinski definition) is 2. The molecule has 4 aromatic rings. The topological polar surface area (TPSA) is 97.2 Å². The summed E-state index contributed by atoms with van der Waals surface area (Å²) in [6.45, 7) is 8.64. The minimum atomic E-state index is -0.606. The SMILES string of the molecule is CC1(C)CC(n2nnc3cc(-c4cc(F)c(-c5cn[nH]c5)cc4F)nnc32)CC(C)(C)N1.Cl.Cl. The molecule has 182 valence electrons. The molecule has 0 radical (unpaired) electrons. The Bertz CT molecular complexity index is 1290. The maximum atomic E-state index is 14.9. The van der Waals surface area contributed by atoms with E-state index < -0.39 is 11.6 Å². The van der Waals surface area contributed by atoms with E-state index in [0.29, 0.717) is 16.7 Å². The number of H-pyrrole nitrogens is 1. The zero-order valence-electron chi connectivity index (χ0n) is 19.1. The summed E-state index contributed by atoms with van der Waals surface area (Å²) in [5, 5.41) is 27.1. The summed E-state index contributed by atoms with van der Waals surface area (Å²) in [6, 6.07) is 3.95. The maximum Gasteiger partial charge on any atom is 0.201 e. The third-order valence-corrected chi connectivity index (χ3v) is 5.88. The molecule has 8 nitrogen and oxygen atoms in total. The molecule has 0 bridgehead atoms. The van der Waals surface area contributed by atoms with E-state index in [4.69, 9.17) is 0 Å². The average Bonchev–Trinajstić information content (AvgIpc) is 3.36. The van der Waals surface area contributed by atoms with Crippen LogP contribution >= 0.6 is 24.8 Å². The number of aromatic nitrogens is 7. The third-order valence-electron chi connectivity index (χ3n) is 5.88. The fourth-order valence-corrected chi connectivity index (χ4v) is 4.93. The van der Waals surface area contributed by atoms with Crippen LogP contribution in [0.1, 0.15) is 46.6 Å². The van der Waals surface area contributed by atoms with Crippen LogP contribution in [0.4, 0.5) is 8.78 Å². The predicted octanol–water partition coefficient (Wildman–Crippen LogP) is 4.88. The van der Waals surface area contributed by atoms with Gasteiger partial charge in [0.05, 0.1) is 17.9 Å². The lowest BCUT2D eigenvalue weighted by Crippen LogP contribution is -2.58. The van der Waals surface area contributed by atoms with Crippen molar-refractivity contribution in [2.24, 2.45) is 0 Å². The number of halogens is 4. The Morgan fingerprint density at radius 3 is 2.21 bits per heavy atom. The molecular weight excluding hydrogens is 485 g/mol. The minimum Gasteiger partial charge on any atom is -0.307 e. The van der Waals surface area contributed by atoms with Crippen molar-refractivity contribution in [2.75, 3.05) is 0 Å². The Morgan fingerprint density at radius 2 is 1.56 bits per heavy atom. The van der Waals surface area contributed by atoms with Crippen LogP contribution in [0.2, 0.25) is 0 Å². The van der Waals surface area contributed by atoms with Crippen molar-refractivity contribution in [3.8, 4) is 22.4 Å². The summed E-state index contributed by atoms with van der Waals surface area (Å²) in [4.78, 5) is 0. The first kappa shape index (κ1) is 25.9. The van der Waals surface area contributed by atoms with Crippen LogP contribution in [0, 0.1) is 11.6 Å². The molecule has 12 heteroatoms. The Morgan fingerprint density at radius 1 is 0.912 bits per heavy atom. The molecule has 2 N–H and O–H groups in total. The Balaban J connectivity index is 0.00000162. The highest BCUT2D eigenvalue weighted by Gasteiger charge is 2.39. The number of benzene rings is 1. The summed E-state index contributed by atoms with van der Waals surface area (Å²) in [7, 11) is 0. The van der Waals surface area contributed by atoms with E-state index in [-0.39, 0.29) is 58.8 Å². The van der Waals surface area contributed by atoms with Crippen molar-refractivity contribution in [1.82, 2.24) is 40.7 Å². The largest absolute Gasteiger partial charge is 0.307 e. The van der Waals surface area contributed by atoms with Crippen molar-refractivity contribution in [2.45, 2.75) is 57.7 Å². The molecule has 34 heavy (non-hydrogen) atoms. The van der Waals surface area contributed by atoms with E-state index in [0.717, 1.165) is 25.0 Å². The molecule has 1 aromatic carbocycles. The van der Waals surface area contributed by atoms with Gasteiger partial charge in [0.2, 0.25) is 5.65 Å². The normalized spacial score (nSPS) is 17.2. The number of rotatable bonds is 3. The fraction of sp³-hybridized carbons (Fsp3) is 0.409. The lowest BCUT2D eigenvalue weighted by Gasteiger charge is -2.46. The molecule has 0 aliphatic carbocycles. The van der Waals surface area contributed by atoms with Crippen molar-refractivity contribution < 1.29 is 8.78 Å². The zero-order valence-corrected chi connectivity index (χ0v) is 20.8. The van der Waals surface area contributed by atoms with E-state index in [2.05, 4.69) is 63.7 Å². The molecule has 4 heterocycles. The Labute approximate surface area is 207 Å². The summed E-state index contributed by atoms with van der Waals surface area (Å²) >= 11 is 0. The molecule has 0 unspecified atom stereocenters. The lowest BCUT2D eigenvalue weighted by atomic mass is 9.80. The number of hydrogen-bond acceptors (Lipinski definition) is 6. The maximum absolute atomic E-state index is 14.9. The molecule has 1 fully saturated rings. The van der Waals surface area contributed by atoms with Crippen LogP contribution in [0.5, 0.6) is 0 Å². The standard InChI is InChI=1S/C22H24F2N8.2ClH/c1-21(2)8-13(9-22(3,4)30-21)32-20-19(28-31-32)7-18(27-29-20)15-6-16(23)14(5-17(15)24)12-10-25-26-11-12;;/h5-7,10-11,13,30H,8-9H2,1-4H3,(H,25,26);2*1H. The molecule has 0 atom stereocenters. The van der Waals surface area contributed by atoms with Gasteiger partial charge in [-0.25, -0.2) is 13.5 Å². The van der Waals surface area contributed by atoms with E-state index in [9.17, 15) is 8.78 Å². The van der Waals surface area contributed by atoms with Crippen LogP contribution in [0.15, 0.2) is 30.6 Å². The van der Waals surface area contributed by atoms with Gasteiger partial charge in [0.1, 0.15) is 17.2 Å². The molecule has 0 amide bonds. The number of fused-ring (bicyclic) bond motifs is 1. The van der Waals surface area contributed by atoms with Crippen molar-refractivity contribution >= 4 is 36.0 Å². The van der Waals surface area contributed by atoms with Gasteiger partial charge in [0.25, 0.3) is 0 Å². The van der Waals surface area contributed by atoms with E-state index in [1.54, 1.807) is 10.7 Å². The summed E-state index contributed by atoms with van der Waals surface area (Å²) < 4.78 is 31.4. The second kappa shape index (κ2) is 9.16. The molecule has 3 aromatic heterocycles. The molecule has 5 rings (SSSR count). The van der Waals surface area contributed by atoms with Crippen LogP contribution in [-0.4, -0.2) is 46.5 Å². The first-order chi connectivity index (χ1) is 15.1. The highest BCUT2D eigenvalue weighted by atomic mass is 35.5. The van der Waals surface area contributed by atoms with Crippen molar-refractivity contribution in [3.63, 3.8) is 0 Å². The van der Waals surface area contributed by atoms with E-state index in [1.807, 2.05) is 0 Å². The van der Waals surface area contributed by atoms with Gasteiger partial charge in [-0.2, -0.15) is 5.10 Å². The number of piperidine rings is 1. The van der Waals surface area contributed by atoms with E-state index in [1.165, 1.54) is 12.4 Å². The quantitative estimate of drug-likeness (QED) is 0.407. The molecule has 1 saturated heterocycles. The number of nitrogens with one attached hydrogen (secondary N) is 2. The Kier molecular flexibility index (Phi) is 6.99. The van der Waals surface area contributed by atoms with Gasteiger partial charge < -0.3 is 5.32 Å². The fourth-order valence-electron chi connectivity index (χ4n) is 4.93. The van der Waals surface area contributed by atoms with Gasteiger partial charge in [-0.1, -0.05) is 5.21 Å². The molecular formula is C22H26Cl2F2N8. The van der Waals surface area contributed by atoms with Crippen molar-refractivity contribution in [3.05, 3.63) is 42.2 Å². The second-order valence-electron chi connectivity index (χ2n) is 9.73. The highest BCUT2D eigenvalue weighted by Crippen LogP contribution is 2.37. The Hall–Kier alpha value is -2.69. The van der Waals surface area contributed by atoms with Gasteiger partial charge in [-0.3, -0.25) is 5.10 Å². The zero-order chi connectivity index (χ0) is 22.7. The van der Waals surface area contributed by atoms with Gasteiger partial charge >= 0.3 is 0 Å². The predicted molar refractivity (Wildman–Crippen MR) is 130 cm³/mol. The summed E-state index contributed by atoms with van der Waals surface area (Å²) in [6.07, 6.45) is 4.65. The highest BCUT2D eigenvalue weighted by molar-refractivity contribution is 5.85. The van der Waals surface area contributed by atoms with Gasteiger partial charge in [0.15, 0.2) is 0 Å². The molecule has 1 aliphatic heterocycles. The van der Waals surface area contributed by atoms with Gasteiger partial charge in [-0.15, -0.1) is 40.1 Å². The van der Waals surface area contributed by atoms with Crippen LogP contribution in [-0.2, 0) is 0 Å². The average molecular weight is 511 g/mol. The third kappa shape index (κ3) is 4.75. The van der Waals surface area contributed by atoms with Crippen LogP contribution in [0.25, 0.3) is 33.5 Å². The summed E-state index contributed by atoms with van der Waals surface area (Å²) in [5.41, 5.74) is 1.67. The lowest BCUT2D eigenvalue weighted by molar-refractivity contribution is 0.127. The van der Waals surface area contributed by atoms with Gasteiger partial charge in [-0.05, 0) is 58.7 Å². The monoisotopic (exact) mass is 510 g/mol. The first-order valence-electron chi connectivity index (χ1n) is 10.5. The number of nitrogens with zero attached hydrogens (tertiary/aromatic N) is 6. The number of aromatic amines is 1. The molecule has 0 saturated carbocycles. The van der Waals surface area contributed by atoms with E-state index >= 15 is 0 Å². The smallest absolute Gasteiger partial charge is 0.201 e. The van der Waals surface area contributed by atoms with Crippen LogP contribution in [0.3, 0.4) is 0 Å². The van der Waals surface area contributed by atoms with Crippen molar-refractivity contribution in [1.29, 1.82) is 0 Å².